The predicted molar refractivity (Wildman–Crippen MR) is 62.9 cm³/mol. The van der Waals surface area contributed by atoms with Crippen LogP contribution < -0.4 is 0 Å². The van der Waals surface area contributed by atoms with Crippen molar-refractivity contribution in [2.45, 2.75) is 0 Å². The second-order valence-electron chi connectivity index (χ2n) is 3.17. The SMILES string of the molecule is O=C(O)c1cc2ccccc2cn1.O=S(=O)(O)O. The molecule has 0 aliphatic heterocycles. The van der Waals surface area contributed by atoms with E-state index in [1.165, 1.54) is 0 Å². The van der Waals surface area contributed by atoms with Crippen LogP contribution in [-0.2, 0) is 10.4 Å². The number of nitrogens with zero attached hydrogens (tertiary/aromatic N) is 1. The number of pyridine rings is 1. The molecule has 8 heteroatoms. The molecule has 0 unspecified atom stereocenters. The van der Waals surface area contributed by atoms with Crippen molar-refractivity contribution < 1.29 is 27.4 Å². The zero-order valence-electron chi connectivity index (χ0n) is 8.89. The summed E-state index contributed by atoms with van der Waals surface area (Å²) in [5.74, 6) is -0.995. The minimum atomic E-state index is -4.67. The van der Waals surface area contributed by atoms with Crippen molar-refractivity contribution in [3.63, 3.8) is 0 Å². The van der Waals surface area contributed by atoms with Crippen LogP contribution in [0.4, 0.5) is 0 Å². The van der Waals surface area contributed by atoms with E-state index >= 15 is 0 Å². The molecule has 18 heavy (non-hydrogen) atoms. The lowest BCUT2D eigenvalue weighted by atomic mass is 10.1. The molecule has 0 atom stereocenters. The number of hydrogen-bond acceptors (Lipinski definition) is 4. The molecule has 96 valence electrons. The molecule has 0 bridgehead atoms. The molecule has 3 N–H and O–H groups in total. The molecule has 0 aliphatic rings. The molecule has 2 aromatic rings. The topological polar surface area (TPSA) is 125 Å². The Kier molecular flexibility index (Phi) is 4.32. The maximum atomic E-state index is 10.6. The van der Waals surface area contributed by atoms with Crippen molar-refractivity contribution in [2.75, 3.05) is 0 Å². The van der Waals surface area contributed by atoms with Gasteiger partial charge in [-0.15, -0.1) is 0 Å². The van der Waals surface area contributed by atoms with Crippen molar-refractivity contribution in [3.05, 3.63) is 42.2 Å². The molecule has 1 heterocycles. The maximum absolute atomic E-state index is 10.6. The molecule has 1 aromatic heterocycles. The number of carboxylic acids is 1. The summed E-state index contributed by atoms with van der Waals surface area (Å²) in [5, 5.41) is 10.5. The van der Waals surface area contributed by atoms with E-state index in [0.29, 0.717) is 0 Å². The normalized spacial score (nSPS) is 10.6. The summed E-state index contributed by atoms with van der Waals surface area (Å²) >= 11 is 0. The molecule has 0 spiro atoms. The van der Waals surface area contributed by atoms with Crippen LogP contribution in [-0.4, -0.2) is 33.6 Å². The number of aromatic carboxylic acids is 1. The average molecular weight is 271 g/mol. The van der Waals surface area contributed by atoms with Gasteiger partial charge < -0.3 is 5.11 Å². The molecule has 7 nitrogen and oxygen atoms in total. The van der Waals surface area contributed by atoms with Gasteiger partial charge in [0.1, 0.15) is 5.69 Å². The van der Waals surface area contributed by atoms with Gasteiger partial charge in [0.05, 0.1) is 0 Å². The highest BCUT2D eigenvalue weighted by Gasteiger charge is 2.03. The van der Waals surface area contributed by atoms with Gasteiger partial charge >= 0.3 is 16.4 Å². The van der Waals surface area contributed by atoms with E-state index in [2.05, 4.69) is 4.98 Å². The number of carbonyl (C=O) groups is 1. The van der Waals surface area contributed by atoms with Crippen LogP contribution in [0.2, 0.25) is 0 Å². The highest BCUT2D eigenvalue weighted by Crippen LogP contribution is 2.12. The zero-order valence-corrected chi connectivity index (χ0v) is 9.70. The zero-order chi connectivity index (χ0) is 13.8. The van der Waals surface area contributed by atoms with Crippen LogP contribution in [0.5, 0.6) is 0 Å². The Morgan fingerprint density at radius 3 is 2.11 bits per heavy atom. The Hall–Kier alpha value is -2.03. The van der Waals surface area contributed by atoms with Crippen molar-refractivity contribution in [3.8, 4) is 0 Å². The fourth-order valence-corrected chi connectivity index (χ4v) is 1.20. The number of hydrogen-bond donors (Lipinski definition) is 3. The molecule has 0 amide bonds. The number of aromatic nitrogens is 1. The lowest BCUT2D eigenvalue weighted by molar-refractivity contribution is 0.0690. The van der Waals surface area contributed by atoms with Gasteiger partial charge in [-0.2, -0.15) is 8.42 Å². The van der Waals surface area contributed by atoms with E-state index in [9.17, 15) is 4.79 Å². The van der Waals surface area contributed by atoms with Crippen molar-refractivity contribution in [1.82, 2.24) is 4.98 Å². The van der Waals surface area contributed by atoms with E-state index < -0.39 is 16.4 Å². The second-order valence-corrected chi connectivity index (χ2v) is 4.07. The number of rotatable bonds is 1. The van der Waals surface area contributed by atoms with Crippen LogP contribution >= 0.6 is 0 Å². The maximum Gasteiger partial charge on any atom is 0.394 e. The van der Waals surface area contributed by atoms with Crippen LogP contribution in [0.15, 0.2) is 36.5 Å². The van der Waals surface area contributed by atoms with E-state index in [4.69, 9.17) is 22.6 Å². The standard InChI is InChI=1S/C10H7NO2.H2O4S/c12-10(13)9-5-7-3-1-2-4-8(7)6-11-9;1-5(2,3)4/h1-6H,(H,12,13);(H2,1,2,3,4). The molecule has 0 saturated heterocycles. The highest BCUT2D eigenvalue weighted by molar-refractivity contribution is 7.79. The summed E-state index contributed by atoms with van der Waals surface area (Å²) in [5.41, 5.74) is 0.0821. The third kappa shape index (κ3) is 4.87. The smallest absolute Gasteiger partial charge is 0.394 e. The summed E-state index contributed by atoms with van der Waals surface area (Å²) < 4.78 is 31.6. The van der Waals surface area contributed by atoms with Crippen LogP contribution in [0.25, 0.3) is 10.8 Å². The molecule has 2 rings (SSSR count). The van der Waals surface area contributed by atoms with E-state index in [0.717, 1.165) is 10.8 Å². The lowest BCUT2D eigenvalue weighted by Crippen LogP contribution is -1.98. The first kappa shape index (κ1) is 14.0. The molecule has 0 fully saturated rings. The number of carboxylic acid groups (broad SMARTS) is 1. The Bertz CT molecular complexity index is 659. The minimum absolute atomic E-state index is 0.0821. The molecular weight excluding hydrogens is 262 g/mol. The monoisotopic (exact) mass is 271 g/mol. The first-order valence-corrected chi connectivity index (χ1v) is 5.95. The second kappa shape index (κ2) is 5.54. The quantitative estimate of drug-likeness (QED) is 0.667. The van der Waals surface area contributed by atoms with E-state index in [-0.39, 0.29) is 5.69 Å². The number of benzene rings is 1. The predicted octanol–water partition coefficient (Wildman–Crippen LogP) is 1.28. The van der Waals surface area contributed by atoms with Gasteiger partial charge in [-0.25, -0.2) is 9.78 Å². The Morgan fingerprint density at radius 1 is 1.11 bits per heavy atom. The molecule has 0 saturated carbocycles. The van der Waals surface area contributed by atoms with Gasteiger partial charge in [-0.3, -0.25) is 9.11 Å². The van der Waals surface area contributed by atoms with E-state index in [1.807, 2.05) is 24.3 Å². The summed E-state index contributed by atoms with van der Waals surface area (Å²) in [6.45, 7) is 0. The summed E-state index contributed by atoms with van der Waals surface area (Å²) in [7, 11) is -4.67. The molecule has 1 aromatic carbocycles. The van der Waals surface area contributed by atoms with Crippen molar-refractivity contribution >= 4 is 27.1 Å². The van der Waals surface area contributed by atoms with Gasteiger partial charge in [0, 0.05) is 11.6 Å². The van der Waals surface area contributed by atoms with Gasteiger partial charge in [0.2, 0.25) is 0 Å². The van der Waals surface area contributed by atoms with Crippen LogP contribution in [0.1, 0.15) is 10.5 Å². The summed E-state index contributed by atoms with van der Waals surface area (Å²) in [4.78, 5) is 14.4. The fourth-order valence-electron chi connectivity index (χ4n) is 1.20. The van der Waals surface area contributed by atoms with Gasteiger partial charge in [0.15, 0.2) is 0 Å². The first-order chi connectivity index (χ1) is 8.27. The van der Waals surface area contributed by atoms with Crippen LogP contribution in [0.3, 0.4) is 0 Å². The largest absolute Gasteiger partial charge is 0.477 e. The van der Waals surface area contributed by atoms with Crippen molar-refractivity contribution in [2.24, 2.45) is 0 Å². The first-order valence-electron chi connectivity index (χ1n) is 4.55. The minimum Gasteiger partial charge on any atom is -0.477 e. The Morgan fingerprint density at radius 2 is 1.61 bits per heavy atom. The van der Waals surface area contributed by atoms with Gasteiger partial charge in [-0.1, -0.05) is 24.3 Å². The lowest BCUT2D eigenvalue weighted by Gasteiger charge is -1.97. The average Bonchev–Trinajstić information content (AvgIpc) is 2.26. The summed E-state index contributed by atoms with van der Waals surface area (Å²) in [6, 6.07) is 9.09. The molecule has 0 aliphatic carbocycles. The number of fused-ring (bicyclic) bond motifs is 1. The van der Waals surface area contributed by atoms with Crippen molar-refractivity contribution in [1.29, 1.82) is 0 Å². The third-order valence-electron chi connectivity index (χ3n) is 1.85. The summed E-state index contributed by atoms with van der Waals surface area (Å²) in [6.07, 6.45) is 1.57. The molecular formula is C10H9NO6S. The Balaban J connectivity index is 0.000000280. The van der Waals surface area contributed by atoms with Crippen LogP contribution in [0, 0.1) is 0 Å². The Labute approximate surface area is 102 Å². The fraction of sp³-hybridized carbons (Fsp3) is 0. The van der Waals surface area contributed by atoms with E-state index in [1.54, 1.807) is 12.3 Å². The highest BCUT2D eigenvalue weighted by atomic mass is 32.3. The van der Waals surface area contributed by atoms with Gasteiger partial charge in [0.25, 0.3) is 0 Å². The third-order valence-corrected chi connectivity index (χ3v) is 1.85. The molecule has 0 radical (unpaired) electrons. The van der Waals surface area contributed by atoms with Gasteiger partial charge in [-0.05, 0) is 11.5 Å².